The maximum Gasteiger partial charge on any atom is 0.231 e. The maximum atomic E-state index is 12.6. The minimum Gasteiger partial charge on any atom is -0.494 e. The van der Waals surface area contributed by atoms with Crippen molar-refractivity contribution in [2.24, 2.45) is 0 Å². The summed E-state index contributed by atoms with van der Waals surface area (Å²) in [5.41, 5.74) is 1.99. The molecular weight excluding hydrogens is 446 g/mol. The zero-order chi connectivity index (χ0) is 21.1. The average Bonchev–Trinajstić information content (AvgIpc) is 3.05. The SMILES string of the molecule is CCOc1ccc2c(c1)O/C(=C\c1cc[n+](CC(=O)c3ccc(Br)cc3)cc1)C2=O. The second-order valence-corrected chi connectivity index (χ2v) is 7.68. The molecular formula is C24H19BrNO4+. The number of fused-ring (bicyclic) bond motifs is 1. The van der Waals surface area contributed by atoms with Crippen LogP contribution in [-0.4, -0.2) is 18.2 Å². The summed E-state index contributed by atoms with van der Waals surface area (Å²) in [6.07, 6.45) is 5.31. The highest BCUT2D eigenvalue weighted by Crippen LogP contribution is 2.34. The van der Waals surface area contributed by atoms with Crippen LogP contribution in [0.15, 0.2) is 77.2 Å². The number of pyridine rings is 1. The molecule has 6 heteroatoms. The largest absolute Gasteiger partial charge is 0.494 e. The molecule has 0 atom stereocenters. The van der Waals surface area contributed by atoms with Crippen LogP contribution in [-0.2, 0) is 6.54 Å². The van der Waals surface area contributed by atoms with E-state index in [1.54, 1.807) is 41.0 Å². The lowest BCUT2D eigenvalue weighted by molar-refractivity contribution is -0.683. The van der Waals surface area contributed by atoms with Gasteiger partial charge in [-0.1, -0.05) is 28.1 Å². The van der Waals surface area contributed by atoms with E-state index in [2.05, 4.69) is 15.9 Å². The molecule has 3 aromatic rings. The Morgan fingerprint density at radius 3 is 2.53 bits per heavy atom. The number of carbonyl (C=O) groups excluding carboxylic acids is 2. The molecule has 1 aromatic heterocycles. The standard InChI is InChI=1S/C24H19BrNO4/c1-2-29-19-7-8-20-22(14-19)30-23(24(20)28)13-16-9-11-26(12-10-16)15-21(27)17-3-5-18(25)6-4-17/h3-14H,2,15H2,1H3/q+1/b23-13-. The molecule has 5 nitrogen and oxygen atoms in total. The second-order valence-electron chi connectivity index (χ2n) is 6.76. The fourth-order valence-electron chi connectivity index (χ4n) is 3.14. The summed E-state index contributed by atoms with van der Waals surface area (Å²) in [7, 11) is 0. The molecule has 0 radical (unpaired) electrons. The number of ether oxygens (including phenoxy) is 2. The molecule has 4 rings (SSSR count). The van der Waals surface area contributed by atoms with Gasteiger partial charge >= 0.3 is 0 Å². The predicted octanol–water partition coefficient (Wildman–Crippen LogP) is 4.63. The van der Waals surface area contributed by atoms with Crippen LogP contribution in [0.3, 0.4) is 0 Å². The number of carbonyl (C=O) groups is 2. The molecule has 1 aliphatic heterocycles. The Morgan fingerprint density at radius 2 is 1.83 bits per heavy atom. The van der Waals surface area contributed by atoms with Gasteiger partial charge in [-0.3, -0.25) is 9.59 Å². The molecule has 0 saturated heterocycles. The third-order valence-electron chi connectivity index (χ3n) is 4.66. The number of rotatable bonds is 6. The van der Waals surface area contributed by atoms with E-state index in [1.807, 2.05) is 43.6 Å². The molecule has 0 fully saturated rings. The van der Waals surface area contributed by atoms with Crippen molar-refractivity contribution >= 4 is 33.6 Å². The van der Waals surface area contributed by atoms with Gasteiger partial charge in [-0.15, -0.1) is 0 Å². The van der Waals surface area contributed by atoms with Crippen molar-refractivity contribution in [1.29, 1.82) is 0 Å². The first kappa shape index (κ1) is 20.0. The first-order chi connectivity index (χ1) is 14.5. The van der Waals surface area contributed by atoms with E-state index in [4.69, 9.17) is 9.47 Å². The highest BCUT2D eigenvalue weighted by molar-refractivity contribution is 9.10. The van der Waals surface area contributed by atoms with E-state index in [0.717, 1.165) is 10.0 Å². The normalized spacial score (nSPS) is 13.8. The van der Waals surface area contributed by atoms with Crippen LogP contribution in [0.2, 0.25) is 0 Å². The Labute approximate surface area is 182 Å². The van der Waals surface area contributed by atoms with Gasteiger partial charge in [0.2, 0.25) is 18.1 Å². The van der Waals surface area contributed by atoms with Crippen molar-refractivity contribution in [2.45, 2.75) is 13.5 Å². The van der Waals surface area contributed by atoms with Gasteiger partial charge in [0.25, 0.3) is 0 Å². The molecule has 0 aliphatic carbocycles. The molecule has 1 aliphatic rings. The lowest BCUT2D eigenvalue weighted by atomic mass is 10.1. The van der Waals surface area contributed by atoms with E-state index in [1.165, 1.54) is 0 Å². The van der Waals surface area contributed by atoms with E-state index in [-0.39, 0.29) is 23.9 Å². The van der Waals surface area contributed by atoms with E-state index >= 15 is 0 Å². The Bertz CT molecular complexity index is 1130. The molecule has 0 unspecified atom stereocenters. The zero-order valence-electron chi connectivity index (χ0n) is 16.3. The Morgan fingerprint density at radius 1 is 1.10 bits per heavy atom. The summed E-state index contributed by atoms with van der Waals surface area (Å²) in [4.78, 5) is 25.0. The topological polar surface area (TPSA) is 56.5 Å². The average molecular weight is 465 g/mol. The van der Waals surface area contributed by atoms with Gasteiger partial charge in [0, 0.05) is 28.2 Å². The number of allylic oxidation sites excluding steroid dienone is 1. The maximum absolute atomic E-state index is 12.6. The highest BCUT2D eigenvalue weighted by Gasteiger charge is 2.27. The number of aromatic nitrogens is 1. The van der Waals surface area contributed by atoms with Gasteiger partial charge in [0.05, 0.1) is 12.2 Å². The van der Waals surface area contributed by atoms with E-state index in [0.29, 0.717) is 29.2 Å². The third-order valence-corrected chi connectivity index (χ3v) is 5.19. The van der Waals surface area contributed by atoms with Gasteiger partial charge in [0.1, 0.15) is 11.5 Å². The third kappa shape index (κ3) is 4.33. The van der Waals surface area contributed by atoms with Crippen molar-refractivity contribution in [1.82, 2.24) is 0 Å². The van der Waals surface area contributed by atoms with Crippen molar-refractivity contribution in [3.8, 4) is 11.5 Å². The highest BCUT2D eigenvalue weighted by atomic mass is 79.9. The summed E-state index contributed by atoms with van der Waals surface area (Å²) >= 11 is 3.37. The van der Waals surface area contributed by atoms with Crippen molar-refractivity contribution < 1.29 is 23.6 Å². The molecule has 0 amide bonds. The smallest absolute Gasteiger partial charge is 0.231 e. The number of Topliss-reactive ketones (excluding diaryl/α,β-unsaturated/α-hetero) is 2. The zero-order valence-corrected chi connectivity index (χ0v) is 17.9. The fourth-order valence-corrected chi connectivity index (χ4v) is 3.40. The number of hydrogen-bond acceptors (Lipinski definition) is 4. The van der Waals surface area contributed by atoms with Gasteiger partial charge in [-0.25, -0.2) is 0 Å². The van der Waals surface area contributed by atoms with Crippen LogP contribution in [0.1, 0.15) is 33.2 Å². The van der Waals surface area contributed by atoms with E-state index in [9.17, 15) is 9.59 Å². The predicted molar refractivity (Wildman–Crippen MR) is 116 cm³/mol. The molecule has 0 spiro atoms. The Hall–Kier alpha value is -3.25. The number of ketones is 2. The molecule has 150 valence electrons. The second kappa shape index (κ2) is 8.63. The van der Waals surface area contributed by atoms with Gasteiger partial charge < -0.3 is 9.47 Å². The molecule has 30 heavy (non-hydrogen) atoms. The van der Waals surface area contributed by atoms with Crippen molar-refractivity contribution in [3.63, 3.8) is 0 Å². The minimum atomic E-state index is -0.157. The Kier molecular flexibility index (Phi) is 5.77. The molecule has 2 heterocycles. The molecule has 2 aromatic carbocycles. The van der Waals surface area contributed by atoms with Crippen LogP contribution in [0, 0.1) is 0 Å². The van der Waals surface area contributed by atoms with Gasteiger partial charge in [-0.05, 0) is 42.8 Å². The van der Waals surface area contributed by atoms with Crippen LogP contribution >= 0.6 is 15.9 Å². The number of halogens is 1. The van der Waals surface area contributed by atoms with Crippen LogP contribution < -0.4 is 14.0 Å². The quantitative estimate of drug-likeness (QED) is 0.303. The first-order valence-corrected chi connectivity index (χ1v) is 10.3. The monoisotopic (exact) mass is 464 g/mol. The van der Waals surface area contributed by atoms with Crippen LogP contribution in [0.4, 0.5) is 0 Å². The van der Waals surface area contributed by atoms with E-state index < -0.39 is 0 Å². The van der Waals surface area contributed by atoms with Crippen molar-refractivity contribution in [3.05, 3.63) is 93.9 Å². The molecule has 0 N–H and O–H groups in total. The number of nitrogens with zero attached hydrogens (tertiary/aromatic N) is 1. The summed E-state index contributed by atoms with van der Waals surface area (Å²) in [5.74, 6) is 1.30. The summed E-state index contributed by atoms with van der Waals surface area (Å²) in [6.45, 7) is 2.68. The molecule has 0 saturated carbocycles. The van der Waals surface area contributed by atoms with Gasteiger partial charge in [0.15, 0.2) is 18.2 Å². The summed E-state index contributed by atoms with van der Waals surface area (Å²) in [6, 6.07) is 16.2. The summed E-state index contributed by atoms with van der Waals surface area (Å²) < 4.78 is 13.9. The first-order valence-electron chi connectivity index (χ1n) is 9.52. The Balaban J connectivity index is 1.46. The molecule has 0 bridgehead atoms. The van der Waals surface area contributed by atoms with Crippen molar-refractivity contribution in [2.75, 3.05) is 6.61 Å². The van der Waals surface area contributed by atoms with Crippen LogP contribution in [0.5, 0.6) is 11.5 Å². The summed E-state index contributed by atoms with van der Waals surface area (Å²) in [5, 5.41) is 0. The van der Waals surface area contributed by atoms with Crippen LogP contribution in [0.25, 0.3) is 6.08 Å². The fraction of sp³-hybridized carbons (Fsp3) is 0.125. The lowest BCUT2D eigenvalue weighted by Crippen LogP contribution is -2.37. The lowest BCUT2D eigenvalue weighted by Gasteiger charge is -2.03. The van der Waals surface area contributed by atoms with Gasteiger partial charge in [-0.2, -0.15) is 4.57 Å². The number of hydrogen-bond donors (Lipinski definition) is 0. The minimum absolute atomic E-state index is 0.0217. The number of benzene rings is 2.